The molecule has 2 amide bonds. The summed E-state index contributed by atoms with van der Waals surface area (Å²) in [6, 6.07) is -0.0472. The third-order valence-electron chi connectivity index (χ3n) is 6.76. The first kappa shape index (κ1) is 31.8. The summed E-state index contributed by atoms with van der Waals surface area (Å²) in [7, 11) is 0. The van der Waals surface area contributed by atoms with Crippen LogP contribution in [0.3, 0.4) is 0 Å². The second-order valence-electron chi connectivity index (χ2n) is 11.9. The molecule has 8 nitrogen and oxygen atoms in total. The second kappa shape index (κ2) is 14.5. The van der Waals surface area contributed by atoms with Gasteiger partial charge in [-0.2, -0.15) is 0 Å². The number of nitrogens with one attached hydrogen (secondary N) is 2. The minimum atomic E-state index is -0.548. The Morgan fingerprint density at radius 3 is 2.25 bits per heavy atom. The fourth-order valence-corrected chi connectivity index (χ4v) is 5.41. The van der Waals surface area contributed by atoms with Gasteiger partial charge in [-0.05, 0) is 69.1 Å². The zero-order valence-electron chi connectivity index (χ0n) is 23.8. The summed E-state index contributed by atoms with van der Waals surface area (Å²) in [5.41, 5.74) is -0.731. The van der Waals surface area contributed by atoms with Gasteiger partial charge in [0.15, 0.2) is 0 Å². The highest BCUT2D eigenvalue weighted by Crippen LogP contribution is 2.45. The Morgan fingerprint density at radius 2 is 1.64 bits per heavy atom. The molecule has 8 heteroatoms. The Labute approximate surface area is 218 Å². The van der Waals surface area contributed by atoms with Crippen LogP contribution in [0.15, 0.2) is 12.2 Å². The van der Waals surface area contributed by atoms with Gasteiger partial charge in [0, 0.05) is 18.7 Å². The van der Waals surface area contributed by atoms with Gasteiger partial charge < -0.3 is 24.8 Å². The van der Waals surface area contributed by atoms with E-state index in [1.54, 1.807) is 0 Å². The van der Waals surface area contributed by atoms with E-state index in [0.29, 0.717) is 12.5 Å². The Hall–Kier alpha value is -2.25. The van der Waals surface area contributed by atoms with Crippen LogP contribution in [0.1, 0.15) is 100 Å². The Balaban J connectivity index is 2.48. The first-order valence-electron chi connectivity index (χ1n) is 13.5. The average Bonchev–Trinajstić information content (AvgIpc) is 2.74. The molecule has 1 aliphatic carbocycles. The lowest BCUT2D eigenvalue weighted by Gasteiger charge is -2.46. The van der Waals surface area contributed by atoms with Crippen molar-refractivity contribution in [3.63, 3.8) is 0 Å². The summed E-state index contributed by atoms with van der Waals surface area (Å²) in [6.07, 6.45) is 8.50. The van der Waals surface area contributed by atoms with Crippen molar-refractivity contribution in [1.29, 1.82) is 0 Å². The van der Waals surface area contributed by atoms with Gasteiger partial charge in [-0.3, -0.25) is 0 Å². The zero-order chi connectivity index (χ0) is 27.4. The van der Waals surface area contributed by atoms with Crippen molar-refractivity contribution in [2.75, 3.05) is 19.8 Å². The molecule has 1 fully saturated rings. The average molecular weight is 511 g/mol. The molecule has 36 heavy (non-hydrogen) atoms. The molecule has 0 aromatic carbocycles. The number of hydrogen-bond donors (Lipinski definition) is 2. The molecule has 0 spiro atoms. The van der Waals surface area contributed by atoms with E-state index in [1.165, 1.54) is 6.08 Å². The number of alkyl carbamates (subject to hydrolysis) is 2. The summed E-state index contributed by atoms with van der Waals surface area (Å²) in [6.45, 7) is 16.9. The Bertz CT molecular complexity index is 744. The zero-order valence-corrected chi connectivity index (χ0v) is 23.8. The van der Waals surface area contributed by atoms with E-state index in [0.717, 1.165) is 44.9 Å². The van der Waals surface area contributed by atoms with Crippen LogP contribution in [0.25, 0.3) is 0 Å². The molecule has 0 aliphatic heterocycles. The normalized spacial score (nSPS) is 21.8. The molecule has 1 rings (SSSR count). The highest BCUT2D eigenvalue weighted by Gasteiger charge is 2.42. The van der Waals surface area contributed by atoms with E-state index < -0.39 is 23.8 Å². The maximum Gasteiger partial charge on any atom is 0.407 e. The molecular weight excluding hydrogens is 460 g/mol. The molecule has 0 radical (unpaired) electrons. The molecule has 0 aromatic heterocycles. The molecular formula is C28H50N2O6. The number of carbonyl (C=O) groups is 3. The van der Waals surface area contributed by atoms with Crippen molar-refractivity contribution in [1.82, 2.24) is 10.6 Å². The summed E-state index contributed by atoms with van der Waals surface area (Å²) in [4.78, 5) is 36.5. The monoisotopic (exact) mass is 510 g/mol. The van der Waals surface area contributed by atoms with E-state index in [4.69, 9.17) is 14.2 Å². The minimum absolute atomic E-state index is 0.00624. The van der Waals surface area contributed by atoms with Crippen LogP contribution in [-0.4, -0.2) is 49.6 Å². The number of rotatable bonds is 13. The maximum atomic E-state index is 12.5. The first-order valence-corrected chi connectivity index (χ1v) is 13.5. The molecule has 208 valence electrons. The topological polar surface area (TPSA) is 103 Å². The van der Waals surface area contributed by atoms with Crippen LogP contribution in [0.4, 0.5) is 9.59 Å². The minimum Gasteiger partial charge on any atom is -0.459 e. The lowest BCUT2D eigenvalue weighted by Crippen LogP contribution is -2.51. The Kier molecular flexibility index (Phi) is 12.8. The van der Waals surface area contributed by atoms with Crippen LogP contribution < -0.4 is 10.6 Å². The van der Waals surface area contributed by atoms with Crippen LogP contribution in [0.2, 0.25) is 0 Å². The van der Waals surface area contributed by atoms with Crippen LogP contribution >= 0.6 is 0 Å². The van der Waals surface area contributed by atoms with Gasteiger partial charge in [-0.15, -0.1) is 0 Å². The largest absolute Gasteiger partial charge is 0.459 e. The van der Waals surface area contributed by atoms with E-state index >= 15 is 0 Å². The van der Waals surface area contributed by atoms with Gasteiger partial charge in [-0.25, -0.2) is 14.4 Å². The van der Waals surface area contributed by atoms with Crippen molar-refractivity contribution < 1.29 is 28.6 Å². The van der Waals surface area contributed by atoms with Crippen LogP contribution in [0, 0.1) is 16.7 Å². The smallest absolute Gasteiger partial charge is 0.407 e. The van der Waals surface area contributed by atoms with Crippen molar-refractivity contribution in [3.8, 4) is 0 Å². The fourth-order valence-electron chi connectivity index (χ4n) is 5.41. The fraction of sp³-hybridized carbons (Fsp3) is 0.821. The first-order chi connectivity index (χ1) is 16.7. The highest BCUT2D eigenvalue weighted by atomic mass is 16.6. The van der Waals surface area contributed by atoms with Crippen molar-refractivity contribution >= 4 is 18.2 Å². The third kappa shape index (κ3) is 12.6. The summed E-state index contributed by atoms with van der Waals surface area (Å²) < 4.78 is 15.9. The van der Waals surface area contributed by atoms with Crippen molar-refractivity contribution in [3.05, 3.63) is 12.2 Å². The number of carbonyl (C=O) groups excluding carboxylic acids is 3. The van der Waals surface area contributed by atoms with E-state index in [-0.39, 0.29) is 30.1 Å². The van der Waals surface area contributed by atoms with Crippen LogP contribution in [-0.2, 0) is 19.0 Å². The van der Waals surface area contributed by atoms with Gasteiger partial charge in [-0.1, -0.05) is 54.0 Å². The SMILES string of the molecule is CCCC(C)(C)OC(=O)NC1CC(C)(C)CC(C)(CNC(=O)OCCOC(=O)/C=C/C(CC)CC)C1. The predicted octanol–water partition coefficient (Wildman–Crippen LogP) is 6.14. The van der Waals surface area contributed by atoms with Gasteiger partial charge in [0.25, 0.3) is 0 Å². The second-order valence-corrected chi connectivity index (χ2v) is 11.9. The number of esters is 1. The Morgan fingerprint density at radius 1 is 1.00 bits per heavy atom. The van der Waals surface area contributed by atoms with Gasteiger partial charge >= 0.3 is 18.2 Å². The van der Waals surface area contributed by atoms with Crippen molar-refractivity contribution in [2.45, 2.75) is 112 Å². The highest BCUT2D eigenvalue weighted by molar-refractivity contribution is 5.81. The molecule has 1 aliphatic rings. The molecule has 0 bridgehead atoms. The van der Waals surface area contributed by atoms with E-state index in [2.05, 4.69) is 52.2 Å². The number of ether oxygens (including phenoxy) is 3. The predicted molar refractivity (Wildman–Crippen MR) is 142 cm³/mol. The van der Waals surface area contributed by atoms with E-state index in [1.807, 2.05) is 19.9 Å². The van der Waals surface area contributed by atoms with Gasteiger partial charge in [0.2, 0.25) is 0 Å². The lowest BCUT2D eigenvalue weighted by molar-refractivity contribution is -0.138. The number of hydrogen-bond acceptors (Lipinski definition) is 6. The lowest BCUT2D eigenvalue weighted by atomic mass is 9.62. The van der Waals surface area contributed by atoms with Crippen molar-refractivity contribution in [2.24, 2.45) is 16.7 Å². The summed E-state index contributed by atoms with van der Waals surface area (Å²) in [5.74, 6) is -0.0722. The van der Waals surface area contributed by atoms with Gasteiger partial charge in [0.05, 0.1) is 0 Å². The van der Waals surface area contributed by atoms with Crippen LogP contribution in [0.5, 0.6) is 0 Å². The standard InChI is InChI=1S/C28H50N2O6/c1-9-14-27(6,7)36-25(33)30-22-17-26(4,5)19-28(8,18-22)20-29-24(32)35-16-15-34-23(31)13-12-21(10-2)11-3/h12-13,21-22H,9-11,14-20H2,1-8H3,(H,29,32)(H,30,33)/b13-12+. The van der Waals surface area contributed by atoms with E-state index in [9.17, 15) is 14.4 Å². The molecule has 0 aromatic rings. The maximum absolute atomic E-state index is 12.5. The number of allylic oxidation sites excluding steroid dienone is 1. The summed E-state index contributed by atoms with van der Waals surface area (Å²) >= 11 is 0. The molecule has 2 atom stereocenters. The molecule has 0 heterocycles. The third-order valence-corrected chi connectivity index (χ3v) is 6.76. The molecule has 2 N–H and O–H groups in total. The van der Waals surface area contributed by atoms with Gasteiger partial charge in [0.1, 0.15) is 18.8 Å². The molecule has 2 unspecified atom stereocenters. The molecule has 0 saturated heterocycles. The number of amides is 2. The molecule has 1 saturated carbocycles. The quantitative estimate of drug-likeness (QED) is 0.134. The summed E-state index contributed by atoms with van der Waals surface area (Å²) in [5, 5.41) is 5.89.